The minimum Gasteiger partial charge on any atom is -0.467 e. The second-order valence-electron chi connectivity index (χ2n) is 7.52. The van der Waals surface area contributed by atoms with Crippen molar-refractivity contribution in [3.8, 4) is 0 Å². The van der Waals surface area contributed by atoms with Gasteiger partial charge in [-0.3, -0.25) is 9.59 Å². The number of benzene rings is 2. The van der Waals surface area contributed by atoms with Crippen LogP contribution in [-0.2, 0) is 16.1 Å². The fraction of sp³-hybridized carbons (Fsp3) is 0.250. The van der Waals surface area contributed by atoms with Gasteiger partial charge in [-0.15, -0.1) is 0 Å². The van der Waals surface area contributed by atoms with Crippen LogP contribution in [0.25, 0.3) is 0 Å². The molecule has 2 aromatic carbocycles. The van der Waals surface area contributed by atoms with Crippen LogP contribution < -0.4 is 5.32 Å². The number of nitrogens with zero attached hydrogens (tertiary/aromatic N) is 1. The minimum atomic E-state index is -0.367. The summed E-state index contributed by atoms with van der Waals surface area (Å²) in [6.45, 7) is 2.84. The summed E-state index contributed by atoms with van der Waals surface area (Å²) in [6, 6.07) is 21.4. The van der Waals surface area contributed by atoms with Crippen molar-refractivity contribution in [2.45, 2.75) is 25.9 Å². The van der Waals surface area contributed by atoms with Gasteiger partial charge in [-0.25, -0.2) is 0 Å². The van der Waals surface area contributed by atoms with Crippen LogP contribution in [0.2, 0.25) is 0 Å². The Bertz CT molecular complexity index is 965. The first-order valence-corrected chi connectivity index (χ1v) is 9.82. The molecule has 0 spiro atoms. The SMILES string of the molecule is Cc1ccc(C(NC(=O)C2CC(=O)N(Cc3ccco3)C2)c2ccccc2)cc1. The van der Waals surface area contributed by atoms with E-state index in [0.29, 0.717) is 13.1 Å². The van der Waals surface area contributed by atoms with Gasteiger partial charge < -0.3 is 14.6 Å². The Kier molecular flexibility index (Phi) is 5.47. The Morgan fingerprint density at radius 3 is 2.48 bits per heavy atom. The molecule has 0 radical (unpaired) electrons. The molecule has 5 nitrogen and oxygen atoms in total. The summed E-state index contributed by atoms with van der Waals surface area (Å²) in [7, 11) is 0. The van der Waals surface area contributed by atoms with Gasteiger partial charge in [-0.1, -0.05) is 60.2 Å². The van der Waals surface area contributed by atoms with Crippen molar-refractivity contribution in [1.29, 1.82) is 0 Å². The van der Waals surface area contributed by atoms with Crippen LogP contribution in [0.5, 0.6) is 0 Å². The fourth-order valence-corrected chi connectivity index (χ4v) is 3.71. The highest BCUT2D eigenvalue weighted by Crippen LogP contribution is 2.26. The molecule has 0 aliphatic carbocycles. The van der Waals surface area contributed by atoms with Gasteiger partial charge in [0.2, 0.25) is 11.8 Å². The number of rotatable bonds is 6. The van der Waals surface area contributed by atoms with Gasteiger partial charge in [0.15, 0.2) is 0 Å². The number of furan rings is 1. The van der Waals surface area contributed by atoms with Gasteiger partial charge >= 0.3 is 0 Å². The van der Waals surface area contributed by atoms with E-state index in [1.54, 1.807) is 17.2 Å². The maximum absolute atomic E-state index is 13.0. The van der Waals surface area contributed by atoms with Crippen molar-refractivity contribution < 1.29 is 14.0 Å². The Balaban J connectivity index is 1.49. The zero-order valence-corrected chi connectivity index (χ0v) is 16.4. The van der Waals surface area contributed by atoms with Gasteiger partial charge in [0.05, 0.1) is 24.8 Å². The number of carbonyl (C=O) groups excluding carboxylic acids is 2. The lowest BCUT2D eigenvalue weighted by molar-refractivity contribution is -0.129. The van der Waals surface area contributed by atoms with Crippen LogP contribution in [0.3, 0.4) is 0 Å². The van der Waals surface area contributed by atoms with Gasteiger partial charge in [0.25, 0.3) is 0 Å². The van der Waals surface area contributed by atoms with Crippen molar-refractivity contribution in [2.24, 2.45) is 5.92 Å². The second kappa shape index (κ2) is 8.35. The van der Waals surface area contributed by atoms with Crippen LogP contribution in [0.1, 0.15) is 34.9 Å². The zero-order chi connectivity index (χ0) is 20.2. The maximum atomic E-state index is 13.0. The first kappa shape index (κ1) is 19.0. The number of likely N-dealkylation sites (tertiary alicyclic amines) is 1. The summed E-state index contributed by atoms with van der Waals surface area (Å²) in [4.78, 5) is 27.1. The standard InChI is InChI=1S/C24H24N2O3/c1-17-9-11-19(12-10-17)23(18-6-3-2-4-7-18)25-24(28)20-14-22(27)26(15-20)16-21-8-5-13-29-21/h2-13,20,23H,14-16H2,1H3,(H,25,28). The lowest BCUT2D eigenvalue weighted by Gasteiger charge is -2.22. The number of carbonyl (C=O) groups is 2. The van der Waals surface area contributed by atoms with Gasteiger partial charge in [-0.2, -0.15) is 0 Å². The molecule has 2 atom stereocenters. The molecule has 1 aliphatic rings. The quantitative estimate of drug-likeness (QED) is 0.698. The lowest BCUT2D eigenvalue weighted by atomic mass is 9.96. The highest BCUT2D eigenvalue weighted by molar-refractivity contribution is 5.89. The number of hydrogen-bond acceptors (Lipinski definition) is 3. The summed E-state index contributed by atoms with van der Waals surface area (Å²) < 4.78 is 5.33. The average molecular weight is 388 g/mol. The number of amides is 2. The number of aryl methyl sites for hydroxylation is 1. The van der Waals surface area contributed by atoms with Crippen LogP contribution in [0, 0.1) is 12.8 Å². The first-order chi connectivity index (χ1) is 14.1. The normalized spacial score (nSPS) is 17.3. The molecule has 0 bridgehead atoms. The third kappa shape index (κ3) is 4.40. The molecule has 1 saturated heterocycles. The topological polar surface area (TPSA) is 62.6 Å². The van der Waals surface area contributed by atoms with Crippen LogP contribution in [0.4, 0.5) is 0 Å². The maximum Gasteiger partial charge on any atom is 0.226 e. The van der Waals surface area contributed by atoms with Gasteiger partial charge in [-0.05, 0) is 30.2 Å². The van der Waals surface area contributed by atoms with Crippen molar-refractivity contribution >= 4 is 11.8 Å². The lowest BCUT2D eigenvalue weighted by Crippen LogP contribution is -2.36. The first-order valence-electron chi connectivity index (χ1n) is 9.82. The molecule has 5 heteroatoms. The molecule has 2 amide bonds. The van der Waals surface area contributed by atoms with Crippen molar-refractivity contribution in [3.05, 3.63) is 95.4 Å². The summed E-state index contributed by atoms with van der Waals surface area (Å²) in [5.74, 6) is 0.234. The molecular weight excluding hydrogens is 364 g/mol. The second-order valence-corrected chi connectivity index (χ2v) is 7.52. The van der Waals surface area contributed by atoms with E-state index in [0.717, 1.165) is 16.9 Å². The summed E-state index contributed by atoms with van der Waals surface area (Å²) >= 11 is 0. The van der Waals surface area contributed by atoms with E-state index in [4.69, 9.17) is 4.42 Å². The predicted octanol–water partition coefficient (Wildman–Crippen LogP) is 3.84. The van der Waals surface area contributed by atoms with Gasteiger partial charge in [0.1, 0.15) is 5.76 Å². The molecule has 1 aromatic heterocycles. The molecular formula is C24H24N2O3. The Labute approximate surface area is 170 Å². The van der Waals surface area contributed by atoms with Crippen LogP contribution in [-0.4, -0.2) is 23.3 Å². The van der Waals surface area contributed by atoms with Gasteiger partial charge in [0, 0.05) is 13.0 Å². The zero-order valence-electron chi connectivity index (χ0n) is 16.4. The largest absolute Gasteiger partial charge is 0.467 e. The van der Waals surface area contributed by atoms with E-state index in [9.17, 15) is 9.59 Å². The molecule has 0 saturated carbocycles. The molecule has 1 aliphatic heterocycles. The predicted molar refractivity (Wildman–Crippen MR) is 110 cm³/mol. The Hall–Kier alpha value is -3.34. The molecule has 1 N–H and O–H groups in total. The molecule has 1 fully saturated rings. The summed E-state index contributed by atoms with van der Waals surface area (Å²) in [5, 5.41) is 3.17. The number of nitrogens with one attached hydrogen (secondary N) is 1. The Morgan fingerprint density at radius 1 is 1.07 bits per heavy atom. The van der Waals surface area contributed by atoms with Crippen molar-refractivity contribution in [2.75, 3.05) is 6.54 Å². The van der Waals surface area contributed by atoms with Crippen LogP contribution in [0.15, 0.2) is 77.4 Å². The third-order valence-electron chi connectivity index (χ3n) is 5.34. The summed E-state index contributed by atoms with van der Waals surface area (Å²) in [5.41, 5.74) is 3.20. The molecule has 29 heavy (non-hydrogen) atoms. The van der Waals surface area contributed by atoms with Crippen molar-refractivity contribution in [3.63, 3.8) is 0 Å². The van der Waals surface area contributed by atoms with E-state index in [1.165, 1.54) is 5.56 Å². The molecule has 4 rings (SSSR count). The van der Waals surface area contributed by atoms with E-state index in [1.807, 2.05) is 67.6 Å². The van der Waals surface area contributed by atoms with E-state index in [2.05, 4.69) is 5.32 Å². The fourth-order valence-electron chi connectivity index (χ4n) is 3.71. The van der Waals surface area contributed by atoms with E-state index < -0.39 is 0 Å². The minimum absolute atomic E-state index is 0.0202. The monoisotopic (exact) mass is 388 g/mol. The number of hydrogen-bond donors (Lipinski definition) is 1. The van der Waals surface area contributed by atoms with E-state index >= 15 is 0 Å². The highest BCUT2D eigenvalue weighted by atomic mass is 16.3. The van der Waals surface area contributed by atoms with Crippen LogP contribution >= 0.6 is 0 Å². The molecule has 2 heterocycles. The molecule has 148 valence electrons. The van der Waals surface area contributed by atoms with E-state index in [-0.39, 0.29) is 30.2 Å². The Morgan fingerprint density at radius 2 is 1.79 bits per heavy atom. The summed E-state index contributed by atoms with van der Waals surface area (Å²) in [6.07, 6.45) is 1.81. The average Bonchev–Trinajstić information content (AvgIpc) is 3.38. The molecule has 3 aromatic rings. The van der Waals surface area contributed by atoms with Crippen molar-refractivity contribution in [1.82, 2.24) is 10.2 Å². The molecule has 2 unspecified atom stereocenters. The third-order valence-corrected chi connectivity index (χ3v) is 5.34. The smallest absolute Gasteiger partial charge is 0.226 e. The highest BCUT2D eigenvalue weighted by Gasteiger charge is 2.35.